The molecule has 2 atom stereocenters. The molecular formula is C8H17N2S. The lowest BCUT2D eigenvalue weighted by atomic mass is 10.1. The zero-order valence-electron chi connectivity index (χ0n) is 7.34. The lowest BCUT2D eigenvalue weighted by Crippen LogP contribution is -2.33. The highest BCUT2D eigenvalue weighted by atomic mass is 32.2. The van der Waals surface area contributed by atoms with Gasteiger partial charge in [-0.25, -0.2) is 5.32 Å². The Kier molecular flexibility index (Phi) is 4.26. The molecule has 11 heavy (non-hydrogen) atoms. The van der Waals surface area contributed by atoms with Gasteiger partial charge in [0.15, 0.2) is 0 Å². The number of likely N-dealkylation sites (N-methyl/N-ethyl adjacent to an activating group) is 1. The number of thioether (sulfide) groups is 1. The van der Waals surface area contributed by atoms with Crippen LogP contribution in [0.3, 0.4) is 0 Å². The van der Waals surface area contributed by atoms with Gasteiger partial charge in [0.25, 0.3) is 0 Å². The Balaban J connectivity index is 2.20. The summed E-state index contributed by atoms with van der Waals surface area (Å²) in [6, 6.07) is 0.647. The largest absolute Gasteiger partial charge is 0.315 e. The van der Waals surface area contributed by atoms with Crippen LogP contribution in [0.15, 0.2) is 0 Å². The van der Waals surface area contributed by atoms with Crippen LogP contribution in [-0.4, -0.2) is 37.7 Å². The fourth-order valence-electron chi connectivity index (χ4n) is 1.42. The molecule has 0 aromatic carbocycles. The van der Waals surface area contributed by atoms with Crippen molar-refractivity contribution < 1.29 is 0 Å². The van der Waals surface area contributed by atoms with Crippen LogP contribution in [0, 0.1) is 5.92 Å². The maximum atomic E-state index is 4.39. The Hall–Kier alpha value is 0.270. The van der Waals surface area contributed by atoms with Gasteiger partial charge >= 0.3 is 0 Å². The fourth-order valence-corrected chi connectivity index (χ4v) is 2.30. The highest BCUT2D eigenvalue weighted by Gasteiger charge is 2.25. The van der Waals surface area contributed by atoms with E-state index < -0.39 is 0 Å². The maximum Gasteiger partial charge on any atom is 0.0291 e. The van der Waals surface area contributed by atoms with Crippen LogP contribution in [0.2, 0.25) is 0 Å². The second-order valence-electron chi connectivity index (χ2n) is 2.90. The lowest BCUT2D eigenvalue weighted by Gasteiger charge is -2.16. The average molecular weight is 173 g/mol. The molecule has 2 nitrogen and oxygen atoms in total. The van der Waals surface area contributed by atoms with Crippen molar-refractivity contribution in [3.05, 3.63) is 0 Å². The summed E-state index contributed by atoms with van der Waals surface area (Å²) in [5.41, 5.74) is 0. The van der Waals surface area contributed by atoms with Crippen molar-refractivity contribution in [2.24, 2.45) is 5.92 Å². The molecule has 0 spiro atoms. The molecule has 0 aliphatic carbocycles. The summed E-state index contributed by atoms with van der Waals surface area (Å²) >= 11 is 2.02. The first-order valence-electron chi connectivity index (χ1n) is 4.26. The summed E-state index contributed by atoms with van der Waals surface area (Å²) in [6.45, 7) is 4.30. The van der Waals surface area contributed by atoms with E-state index in [1.807, 2.05) is 18.8 Å². The van der Waals surface area contributed by atoms with E-state index in [1.165, 1.54) is 11.5 Å². The van der Waals surface area contributed by atoms with Gasteiger partial charge in [0.1, 0.15) is 0 Å². The van der Waals surface area contributed by atoms with Crippen LogP contribution in [0.4, 0.5) is 0 Å². The minimum absolute atomic E-state index is 0.647. The third kappa shape index (κ3) is 2.65. The smallest absolute Gasteiger partial charge is 0.0291 e. The first kappa shape index (κ1) is 9.36. The molecule has 65 valence electrons. The Morgan fingerprint density at radius 3 is 3.00 bits per heavy atom. The number of hydrogen-bond acceptors (Lipinski definition) is 2. The van der Waals surface area contributed by atoms with Gasteiger partial charge < -0.3 is 5.32 Å². The Bertz CT molecular complexity index is 108. The first-order chi connectivity index (χ1) is 5.38. The predicted molar refractivity (Wildman–Crippen MR) is 51.2 cm³/mol. The first-order valence-corrected chi connectivity index (χ1v) is 5.42. The van der Waals surface area contributed by atoms with Crippen molar-refractivity contribution in [2.75, 3.05) is 31.6 Å². The van der Waals surface area contributed by atoms with Crippen LogP contribution in [-0.2, 0) is 0 Å². The monoisotopic (exact) mass is 173 g/mol. The van der Waals surface area contributed by atoms with Gasteiger partial charge in [-0.2, -0.15) is 11.8 Å². The molecule has 1 heterocycles. The molecule has 0 saturated carbocycles. The molecule has 1 fully saturated rings. The van der Waals surface area contributed by atoms with Crippen molar-refractivity contribution in [1.29, 1.82) is 0 Å². The number of hydrogen-bond donors (Lipinski definition) is 1. The summed E-state index contributed by atoms with van der Waals surface area (Å²) < 4.78 is 0. The zero-order valence-corrected chi connectivity index (χ0v) is 8.16. The Labute approximate surface area is 73.5 Å². The van der Waals surface area contributed by atoms with Gasteiger partial charge in [0, 0.05) is 19.1 Å². The molecule has 2 unspecified atom stereocenters. The molecule has 1 N–H and O–H groups in total. The van der Waals surface area contributed by atoms with Gasteiger partial charge in [-0.05, 0) is 24.5 Å². The molecule has 1 aliphatic heterocycles. The van der Waals surface area contributed by atoms with Gasteiger partial charge in [0.05, 0.1) is 0 Å². The maximum absolute atomic E-state index is 4.39. The fraction of sp³-hybridized carbons (Fsp3) is 1.00. The number of rotatable bonds is 4. The quantitative estimate of drug-likeness (QED) is 0.672. The van der Waals surface area contributed by atoms with Crippen LogP contribution in [0.25, 0.3) is 0 Å². The minimum Gasteiger partial charge on any atom is -0.315 e. The molecule has 1 rings (SSSR count). The van der Waals surface area contributed by atoms with E-state index in [0.29, 0.717) is 6.04 Å². The van der Waals surface area contributed by atoms with Crippen molar-refractivity contribution in [3.8, 4) is 0 Å². The zero-order chi connectivity index (χ0) is 8.10. The van der Waals surface area contributed by atoms with Crippen LogP contribution in [0.1, 0.15) is 6.92 Å². The van der Waals surface area contributed by atoms with Crippen LogP contribution >= 0.6 is 11.8 Å². The standard InChI is InChI=1S/C8H17N2S/c1-3-11-6-7-4-10-5-8(7)9-2/h7-9H,3-6H2,1-2H3. The molecular weight excluding hydrogens is 156 g/mol. The van der Waals surface area contributed by atoms with E-state index in [-0.39, 0.29) is 0 Å². The Morgan fingerprint density at radius 1 is 1.55 bits per heavy atom. The van der Waals surface area contributed by atoms with Crippen molar-refractivity contribution in [2.45, 2.75) is 13.0 Å². The molecule has 1 radical (unpaired) electrons. The van der Waals surface area contributed by atoms with Crippen molar-refractivity contribution in [1.82, 2.24) is 10.6 Å². The molecule has 3 heteroatoms. The van der Waals surface area contributed by atoms with E-state index in [9.17, 15) is 0 Å². The van der Waals surface area contributed by atoms with Gasteiger partial charge in [-0.1, -0.05) is 6.92 Å². The van der Waals surface area contributed by atoms with E-state index in [1.54, 1.807) is 0 Å². The average Bonchev–Trinajstić information content (AvgIpc) is 2.47. The highest BCUT2D eigenvalue weighted by Crippen LogP contribution is 2.15. The second-order valence-corrected chi connectivity index (χ2v) is 4.22. The van der Waals surface area contributed by atoms with Crippen LogP contribution in [0.5, 0.6) is 0 Å². The highest BCUT2D eigenvalue weighted by molar-refractivity contribution is 7.99. The van der Waals surface area contributed by atoms with Gasteiger partial charge in [-0.3, -0.25) is 0 Å². The van der Waals surface area contributed by atoms with Crippen LogP contribution < -0.4 is 10.6 Å². The topological polar surface area (TPSA) is 26.1 Å². The summed E-state index contributed by atoms with van der Waals surface area (Å²) in [5, 5.41) is 7.71. The molecule has 1 aliphatic rings. The number of nitrogens with one attached hydrogen (secondary N) is 1. The summed E-state index contributed by atoms with van der Waals surface area (Å²) in [4.78, 5) is 0. The SMILES string of the molecule is CCSCC1C[N]CC1NC. The molecule has 0 aromatic heterocycles. The van der Waals surface area contributed by atoms with Crippen molar-refractivity contribution >= 4 is 11.8 Å². The normalized spacial score (nSPS) is 31.1. The predicted octanol–water partition coefficient (Wildman–Crippen LogP) is 0.562. The summed E-state index contributed by atoms with van der Waals surface area (Å²) in [5.74, 6) is 3.28. The van der Waals surface area contributed by atoms with E-state index >= 15 is 0 Å². The van der Waals surface area contributed by atoms with E-state index in [4.69, 9.17) is 0 Å². The third-order valence-electron chi connectivity index (χ3n) is 2.17. The van der Waals surface area contributed by atoms with Gasteiger partial charge in [0.2, 0.25) is 0 Å². The molecule has 0 aromatic rings. The summed E-state index contributed by atoms with van der Waals surface area (Å²) in [7, 11) is 2.04. The molecule has 0 amide bonds. The second kappa shape index (κ2) is 5.01. The summed E-state index contributed by atoms with van der Waals surface area (Å²) in [6.07, 6.45) is 0. The van der Waals surface area contributed by atoms with Gasteiger partial charge in [-0.15, -0.1) is 0 Å². The Morgan fingerprint density at radius 2 is 2.36 bits per heavy atom. The lowest BCUT2D eigenvalue weighted by molar-refractivity contribution is 0.497. The molecule has 1 saturated heterocycles. The van der Waals surface area contributed by atoms with E-state index in [0.717, 1.165) is 19.0 Å². The number of nitrogens with zero attached hydrogens (tertiary/aromatic N) is 1. The molecule has 0 bridgehead atoms. The van der Waals surface area contributed by atoms with Crippen molar-refractivity contribution in [3.63, 3.8) is 0 Å². The van der Waals surface area contributed by atoms with E-state index in [2.05, 4.69) is 17.6 Å². The minimum atomic E-state index is 0.647. The third-order valence-corrected chi connectivity index (χ3v) is 3.24.